The highest BCUT2D eigenvalue weighted by molar-refractivity contribution is 7.89. The summed E-state index contributed by atoms with van der Waals surface area (Å²) in [6.45, 7) is 0.817. The number of morpholine rings is 1. The lowest BCUT2D eigenvalue weighted by Crippen LogP contribution is -2.40. The summed E-state index contributed by atoms with van der Waals surface area (Å²) in [7, 11) is -3.89. The smallest absolute Gasteiger partial charge is 0.416 e. The summed E-state index contributed by atoms with van der Waals surface area (Å²) in [6.07, 6.45) is -4.62. The number of phenolic OH excluding ortho intramolecular Hbond substituents is 1. The topological polar surface area (TPSA) is 95.9 Å². The van der Waals surface area contributed by atoms with Gasteiger partial charge in [0.05, 0.1) is 29.4 Å². The summed E-state index contributed by atoms with van der Waals surface area (Å²) in [5.74, 6) is -1.35. The van der Waals surface area contributed by atoms with Gasteiger partial charge >= 0.3 is 6.18 Å². The van der Waals surface area contributed by atoms with E-state index in [0.29, 0.717) is 6.07 Å². The molecule has 0 radical (unpaired) electrons. The van der Waals surface area contributed by atoms with Gasteiger partial charge in [-0.05, 0) is 36.4 Å². The lowest BCUT2D eigenvalue weighted by Gasteiger charge is -2.26. The third kappa shape index (κ3) is 4.69. The molecule has 7 nitrogen and oxygen atoms in total. The van der Waals surface area contributed by atoms with Crippen LogP contribution in [0.25, 0.3) is 0 Å². The molecule has 1 saturated heterocycles. The number of phenols is 1. The Bertz CT molecular complexity index is 1020. The van der Waals surface area contributed by atoms with Crippen molar-refractivity contribution < 1.29 is 36.2 Å². The maximum atomic E-state index is 12.8. The maximum absolute atomic E-state index is 12.8. The number of benzene rings is 2. The first kappa shape index (κ1) is 21.1. The Morgan fingerprint density at radius 3 is 2.45 bits per heavy atom. The number of hydrogen-bond donors (Lipinski definition) is 2. The average molecular weight is 430 g/mol. The standard InChI is InChI=1S/C18H17F3N2O5S/c19-18(20,21)13-3-1-2-12(10-13)17(25)22-15-11-14(4-5-16(15)24)29(26,27)23-6-8-28-9-7-23/h1-5,10-11,24H,6-9H2,(H,22,25). The number of ether oxygens (including phenoxy) is 1. The van der Waals surface area contributed by atoms with Crippen LogP contribution in [0.4, 0.5) is 18.9 Å². The molecule has 0 saturated carbocycles. The van der Waals surface area contributed by atoms with Crippen molar-refractivity contribution >= 4 is 21.6 Å². The molecule has 1 aliphatic heterocycles. The molecule has 3 rings (SSSR count). The molecule has 1 fully saturated rings. The van der Waals surface area contributed by atoms with E-state index in [9.17, 15) is 31.5 Å². The Kier molecular flexibility index (Phi) is 5.82. The first-order valence-corrected chi connectivity index (χ1v) is 9.92. The van der Waals surface area contributed by atoms with Crippen LogP contribution in [0.1, 0.15) is 15.9 Å². The first-order valence-electron chi connectivity index (χ1n) is 8.48. The summed E-state index contributed by atoms with van der Waals surface area (Å²) in [4.78, 5) is 12.2. The molecule has 0 bridgehead atoms. The Hall–Kier alpha value is -2.63. The fraction of sp³-hybridized carbons (Fsp3) is 0.278. The van der Waals surface area contributed by atoms with Crippen molar-refractivity contribution in [3.63, 3.8) is 0 Å². The minimum Gasteiger partial charge on any atom is -0.506 e. The van der Waals surface area contributed by atoms with Crippen LogP contribution in [-0.4, -0.2) is 50.0 Å². The Balaban J connectivity index is 1.86. The zero-order valence-electron chi connectivity index (χ0n) is 14.9. The lowest BCUT2D eigenvalue weighted by atomic mass is 10.1. The van der Waals surface area contributed by atoms with E-state index in [1.807, 2.05) is 0 Å². The van der Waals surface area contributed by atoms with Gasteiger partial charge in [-0.15, -0.1) is 0 Å². The van der Waals surface area contributed by atoms with E-state index in [1.54, 1.807) is 0 Å². The molecule has 0 aliphatic carbocycles. The number of halogens is 3. The van der Waals surface area contributed by atoms with Crippen LogP contribution in [0.2, 0.25) is 0 Å². The van der Waals surface area contributed by atoms with Crippen LogP contribution in [0.3, 0.4) is 0 Å². The summed E-state index contributed by atoms with van der Waals surface area (Å²) in [5.41, 5.74) is -1.53. The SMILES string of the molecule is O=C(Nc1cc(S(=O)(=O)N2CCOCC2)ccc1O)c1cccc(C(F)(F)F)c1. The van der Waals surface area contributed by atoms with Crippen LogP contribution in [-0.2, 0) is 20.9 Å². The number of anilines is 1. The van der Waals surface area contributed by atoms with Crippen LogP contribution in [0.5, 0.6) is 5.75 Å². The van der Waals surface area contributed by atoms with E-state index in [1.165, 1.54) is 16.4 Å². The summed E-state index contributed by atoms with van der Waals surface area (Å²) >= 11 is 0. The van der Waals surface area contributed by atoms with Gasteiger partial charge in [0.15, 0.2) is 0 Å². The molecular formula is C18H17F3N2O5S. The van der Waals surface area contributed by atoms with Crippen LogP contribution < -0.4 is 5.32 Å². The summed E-state index contributed by atoms with van der Waals surface area (Å²) in [6, 6.07) is 7.08. The van der Waals surface area contributed by atoms with E-state index >= 15 is 0 Å². The van der Waals surface area contributed by atoms with Crippen molar-refractivity contribution in [3.05, 3.63) is 53.6 Å². The van der Waals surface area contributed by atoms with Gasteiger partial charge in [0.25, 0.3) is 5.91 Å². The third-order valence-electron chi connectivity index (χ3n) is 4.28. The van der Waals surface area contributed by atoms with Crippen molar-refractivity contribution in [1.82, 2.24) is 4.31 Å². The van der Waals surface area contributed by atoms with Crippen molar-refractivity contribution in [2.24, 2.45) is 0 Å². The monoisotopic (exact) mass is 430 g/mol. The molecule has 0 unspecified atom stereocenters. The first-order chi connectivity index (χ1) is 13.6. The molecule has 0 aromatic heterocycles. The highest BCUT2D eigenvalue weighted by Crippen LogP contribution is 2.31. The number of carbonyl (C=O) groups is 1. The lowest BCUT2D eigenvalue weighted by molar-refractivity contribution is -0.137. The zero-order valence-corrected chi connectivity index (χ0v) is 15.8. The van der Waals surface area contributed by atoms with Gasteiger partial charge in [0.1, 0.15) is 5.75 Å². The molecule has 1 amide bonds. The van der Waals surface area contributed by atoms with Crippen molar-refractivity contribution in [2.45, 2.75) is 11.1 Å². The van der Waals surface area contributed by atoms with Crippen molar-refractivity contribution in [2.75, 3.05) is 31.6 Å². The molecule has 2 aromatic rings. The van der Waals surface area contributed by atoms with Gasteiger partial charge in [0, 0.05) is 18.7 Å². The maximum Gasteiger partial charge on any atom is 0.416 e. The number of nitrogens with zero attached hydrogens (tertiary/aromatic N) is 1. The minimum absolute atomic E-state index is 0.162. The number of nitrogens with one attached hydrogen (secondary N) is 1. The van der Waals surface area contributed by atoms with Gasteiger partial charge in [-0.1, -0.05) is 6.07 Å². The predicted octanol–water partition coefficient (Wildman–Crippen LogP) is 2.68. The van der Waals surface area contributed by atoms with E-state index in [0.717, 1.165) is 24.3 Å². The molecule has 1 aliphatic rings. The van der Waals surface area contributed by atoms with Gasteiger partial charge in [-0.25, -0.2) is 8.42 Å². The van der Waals surface area contributed by atoms with Gasteiger partial charge in [-0.2, -0.15) is 17.5 Å². The Morgan fingerprint density at radius 1 is 1.10 bits per heavy atom. The highest BCUT2D eigenvalue weighted by Gasteiger charge is 2.31. The number of amides is 1. The fourth-order valence-corrected chi connectivity index (χ4v) is 4.18. The van der Waals surface area contributed by atoms with Gasteiger partial charge in [-0.3, -0.25) is 4.79 Å². The van der Waals surface area contributed by atoms with Crippen molar-refractivity contribution in [1.29, 1.82) is 0 Å². The number of carbonyl (C=O) groups excluding carboxylic acids is 1. The number of hydrogen-bond acceptors (Lipinski definition) is 5. The highest BCUT2D eigenvalue weighted by atomic mass is 32.2. The average Bonchev–Trinajstić information content (AvgIpc) is 2.69. The molecule has 0 atom stereocenters. The quantitative estimate of drug-likeness (QED) is 0.728. The summed E-state index contributed by atoms with van der Waals surface area (Å²) < 4.78 is 70.3. The molecule has 2 aromatic carbocycles. The molecule has 156 valence electrons. The van der Waals surface area contributed by atoms with E-state index in [4.69, 9.17) is 4.74 Å². The van der Waals surface area contributed by atoms with Crippen LogP contribution in [0, 0.1) is 0 Å². The zero-order chi connectivity index (χ0) is 21.2. The molecule has 1 heterocycles. The number of rotatable bonds is 4. The predicted molar refractivity (Wildman–Crippen MR) is 97.1 cm³/mol. The second-order valence-corrected chi connectivity index (χ2v) is 8.17. The Morgan fingerprint density at radius 2 is 1.79 bits per heavy atom. The summed E-state index contributed by atoms with van der Waals surface area (Å²) in [5, 5.41) is 12.2. The van der Waals surface area contributed by atoms with Crippen LogP contribution in [0.15, 0.2) is 47.4 Å². The fourth-order valence-electron chi connectivity index (χ4n) is 2.74. The molecule has 2 N–H and O–H groups in total. The van der Waals surface area contributed by atoms with Crippen LogP contribution >= 0.6 is 0 Å². The number of aromatic hydroxyl groups is 1. The number of alkyl halides is 3. The number of sulfonamides is 1. The molecule has 0 spiro atoms. The third-order valence-corrected chi connectivity index (χ3v) is 6.17. The second-order valence-electron chi connectivity index (χ2n) is 6.23. The van der Waals surface area contributed by atoms with Gasteiger partial charge in [0.2, 0.25) is 10.0 Å². The Labute approximate surface area is 164 Å². The van der Waals surface area contributed by atoms with Crippen molar-refractivity contribution in [3.8, 4) is 5.75 Å². The largest absolute Gasteiger partial charge is 0.506 e. The molecule has 11 heteroatoms. The molecule has 29 heavy (non-hydrogen) atoms. The van der Waals surface area contributed by atoms with E-state index < -0.39 is 33.4 Å². The van der Waals surface area contributed by atoms with Gasteiger partial charge < -0.3 is 15.2 Å². The molecular weight excluding hydrogens is 413 g/mol. The minimum atomic E-state index is -4.62. The van der Waals surface area contributed by atoms with E-state index in [2.05, 4.69) is 5.32 Å². The normalized spacial score (nSPS) is 15.8. The second kappa shape index (κ2) is 8.01. The van der Waals surface area contributed by atoms with E-state index in [-0.39, 0.29) is 42.4 Å².